The van der Waals surface area contributed by atoms with E-state index in [4.69, 9.17) is 0 Å². The lowest BCUT2D eigenvalue weighted by atomic mass is 10.0. The lowest BCUT2D eigenvalue weighted by Gasteiger charge is -2.28. The minimum absolute atomic E-state index is 0.108. The van der Waals surface area contributed by atoms with Crippen molar-refractivity contribution in [3.8, 4) is 5.69 Å². The molecule has 0 saturated carbocycles. The van der Waals surface area contributed by atoms with Crippen molar-refractivity contribution in [2.45, 2.75) is 45.5 Å². The van der Waals surface area contributed by atoms with E-state index in [1.54, 1.807) is 11.6 Å². The summed E-state index contributed by atoms with van der Waals surface area (Å²) < 4.78 is 40.0. The third-order valence-corrected chi connectivity index (χ3v) is 4.37. The van der Waals surface area contributed by atoms with Crippen molar-refractivity contribution >= 4 is 5.91 Å². The number of rotatable bonds is 5. The molecule has 2 rings (SSSR count). The summed E-state index contributed by atoms with van der Waals surface area (Å²) in [6.45, 7) is 4.33. The van der Waals surface area contributed by atoms with Crippen molar-refractivity contribution in [3.05, 3.63) is 47.3 Å². The van der Waals surface area contributed by atoms with Crippen LogP contribution in [-0.4, -0.2) is 44.5 Å². The molecule has 1 aromatic carbocycles. The minimum atomic E-state index is -4.87. The fourth-order valence-electron chi connectivity index (χ4n) is 2.58. The zero-order chi connectivity index (χ0) is 19.7. The minimum Gasteiger partial charge on any atom is -0.380 e. The van der Waals surface area contributed by atoms with Gasteiger partial charge in [0, 0.05) is 24.8 Å². The highest BCUT2D eigenvalue weighted by Gasteiger charge is 2.51. The average molecular weight is 369 g/mol. The first-order valence-corrected chi connectivity index (χ1v) is 8.07. The number of aliphatic hydroxyl groups is 1. The van der Waals surface area contributed by atoms with E-state index in [-0.39, 0.29) is 6.54 Å². The Morgan fingerprint density at radius 1 is 1.23 bits per heavy atom. The Balaban J connectivity index is 2.18. The fourth-order valence-corrected chi connectivity index (χ4v) is 2.58. The Kier molecular flexibility index (Phi) is 5.46. The fraction of sp³-hybridized carbons (Fsp3) is 0.444. The van der Waals surface area contributed by atoms with Crippen LogP contribution in [0.1, 0.15) is 30.3 Å². The third-order valence-electron chi connectivity index (χ3n) is 4.37. The topological polar surface area (TPSA) is 58.4 Å². The highest BCUT2D eigenvalue weighted by molar-refractivity contribution is 5.77. The van der Waals surface area contributed by atoms with Crippen LogP contribution in [0, 0.1) is 13.8 Å². The van der Waals surface area contributed by atoms with Gasteiger partial charge in [0.2, 0.25) is 5.91 Å². The molecular formula is C18H22F3N3O2. The monoisotopic (exact) mass is 369 g/mol. The summed E-state index contributed by atoms with van der Waals surface area (Å²) in [6, 6.07) is 9.41. The summed E-state index contributed by atoms with van der Waals surface area (Å²) in [7, 11) is 1.41. The quantitative estimate of drug-likeness (QED) is 0.881. The predicted octanol–water partition coefficient (Wildman–Crippen LogP) is 3.15. The molecule has 26 heavy (non-hydrogen) atoms. The lowest BCUT2D eigenvalue weighted by Crippen LogP contribution is -2.46. The molecule has 1 aromatic heterocycles. The van der Waals surface area contributed by atoms with Crippen LogP contribution in [0.3, 0.4) is 0 Å². The maximum Gasteiger partial charge on any atom is 0.417 e. The second-order valence-corrected chi connectivity index (χ2v) is 6.59. The van der Waals surface area contributed by atoms with Crippen LogP contribution < -0.4 is 0 Å². The van der Waals surface area contributed by atoms with E-state index in [0.29, 0.717) is 12.6 Å². The third kappa shape index (κ3) is 4.07. The van der Waals surface area contributed by atoms with E-state index in [2.05, 4.69) is 5.10 Å². The van der Waals surface area contributed by atoms with Crippen LogP contribution in [0.4, 0.5) is 13.2 Å². The Bertz CT molecular complexity index is 783. The van der Waals surface area contributed by atoms with Gasteiger partial charge in [-0.3, -0.25) is 4.79 Å². The summed E-state index contributed by atoms with van der Waals surface area (Å²) in [5.74, 6) is -0.793. The molecule has 0 saturated heterocycles. The summed E-state index contributed by atoms with van der Waals surface area (Å²) in [5.41, 5.74) is 0.0469. The van der Waals surface area contributed by atoms with Crippen molar-refractivity contribution in [1.82, 2.24) is 14.7 Å². The van der Waals surface area contributed by atoms with E-state index < -0.39 is 24.1 Å². The first kappa shape index (κ1) is 20.0. The van der Waals surface area contributed by atoms with E-state index in [9.17, 15) is 23.1 Å². The maximum atomic E-state index is 12.8. The smallest absolute Gasteiger partial charge is 0.380 e. The molecule has 0 spiro atoms. The van der Waals surface area contributed by atoms with Gasteiger partial charge >= 0.3 is 6.18 Å². The van der Waals surface area contributed by atoms with Crippen molar-refractivity contribution < 1.29 is 23.1 Å². The molecule has 0 aliphatic rings. The van der Waals surface area contributed by atoms with Crippen LogP contribution in [-0.2, 0) is 11.3 Å². The number of para-hydroxylation sites is 1. The standard InChI is InChI=1S/C18H22F3N3O2/c1-12-15(13(2)24(22-12)14-8-6-5-7-9-14)11-23(4)16(25)10-17(3,26)18(19,20)21/h5-9,26H,10-11H2,1-4H3/t17-/m0/s1. The number of amides is 1. The van der Waals surface area contributed by atoms with Crippen molar-refractivity contribution in [2.24, 2.45) is 0 Å². The molecule has 8 heteroatoms. The summed E-state index contributed by atoms with van der Waals surface area (Å²) in [4.78, 5) is 13.3. The number of aryl methyl sites for hydroxylation is 1. The second-order valence-electron chi connectivity index (χ2n) is 6.59. The van der Waals surface area contributed by atoms with Crippen LogP contribution in [0.2, 0.25) is 0 Å². The molecule has 0 radical (unpaired) electrons. The van der Waals surface area contributed by atoms with Gasteiger partial charge in [-0.05, 0) is 32.9 Å². The molecule has 2 aromatic rings. The molecule has 0 unspecified atom stereocenters. The number of alkyl halides is 3. The normalized spacial score (nSPS) is 14.2. The number of carbonyl (C=O) groups excluding carboxylic acids is 1. The number of benzene rings is 1. The molecule has 1 amide bonds. The van der Waals surface area contributed by atoms with E-state index in [1.165, 1.54) is 11.9 Å². The summed E-state index contributed by atoms with van der Waals surface area (Å²) in [6.07, 6.45) is -5.90. The average Bonchev–Trinajstić information content (AvgIpc) is 2.82. The number of nitrogens with zero attached hydrogens (tertiary/aromatic N) is 3. The highest BCUT2D eigenvalue weighted by atomic mass is 19.4. The summed E-state index contributed by atoms with van der Waals surface area (Å²) in [5, 5.41) is 14.0. The molecule has 5 nitrogen and oxygen atoms in total. The second kappa shape index (κ2) is 7.11. The SMILES string of the molecule is Cc1nn(-c2ccccc2)c(C)c1CN(C)C(=O)C[C@](C)(O)C(F)(F)F. The Morgan fingerprint density at radius 3 is 2.35 bits per heavy atom. The van der Waals surface area contributed by atoms with Crippen LogP contribution >= 0.6 is 0 Å². The maximum absolute atomic E-state index is 12.8. The number of hydrogen-bond donors (Lipinski definition) is 1. The van der Waals surface area contributed by atoms with E-state index in [0.717, 1.165) is 16.9 Å². The number of halogens is 3. The van der Waals surface area contributed by atoms with Gasteiger partial charge in [0.05, 0.1) is 17.8 Å². The molecule has 1 heterocycles. The molecule has 1 N–H and O–H groups in total. The molecule has 0 aliphatic carbocycles. The van der Waals surface area contributed by atoms with Gasteiger partial charge in [0.25, 0.3) is 0 Å². The van der Waals surface area contributed by atoms with Crippen molar-refractivity contribution in [3.63, 3.8) is 0 Å². The Hall–Kier alpha value is -2.35. The number of aromatic nitrogens is 2. The predicted molar refractivity (Wildman–Crippen MR) is 90.8 cm³/mol. The zero-order valence-electron chi connectivity index (χ0n) is 15.1. The zero-order valence-corrected chi connectivity index (χ0v) is 15.1. The lowest BCUT2D eigenvalue weighted by molar-refractivity contribution is -0.254. The van der Waals surface area contributed by atoms with Gasteiger partial charge in [-0.2, -0.15) is 18.3 Å². The molecule has 0 fully saturated rings. The van der Waals surface area contributed by atoms with Gasteiger partial charge in [-0.15, -0.1) is 0 Å². The van der Waals surface area contributed by atoms with Gasteiger partial charge in [-0.25, -0.2) is 4.68 Å². The first-order valence-electron chi connectivity index (χ1n) is 8.07. The van der Waals surface area contributed by atoms with Gasteiger partial charge in [0.15, 0.2) is 5.60 Å². The van der Waals surface area contributed by atoms with Crippen molar-refractivity contribution in [1.29, 1.82) is 0 Å². The van der Waals surface area contributed by atoms with Gasteiger partial charge in [0.1, 0.15) is 0 Å². The highest BCUT2D eigenvalue weighted by Crippen LogP contribution is 2.33. The van der Waals surface area contributed by atoms with Crippen molar-refractivity contribution in [2.75, 3.05) is 7.05 Å². The largest absolute Gasteiger partial charge is 0.417 e. The number of hydrogen-bond acceptors (Lipinski definition) is 3. The Labute approximate surface area is 150 Å². The van der Waals surface area contributed by atoms with Gasteiger partial charge < -0.3 is 10.0 Å². The molecule has 0 aliphatic heterocycles. The van der Waals surface area contributed by atoms with E-state index >= 15 is 0 Å². The molecule has 142 valence electrons. The van der Waals surface area contributed by atoms with Gasteiger partial charge in [-0.1, -0.05) is 18.2 Å². The summed E-state index contributed by atoms with van der Waals surface area (Å²) >= 11 is 0. The molecule has 0 bridgehead atoms. The molecular weight excluding hydrogens is 347 g/mol. The molecule has 1 atom stereocenters. The van der Waals surface area contributed by atoms with Crippen LogP contribution in [0.25, 0.3) is 5.69 Å². The first-order chi connectivity index (χ1) is 11.9. The Morgan fingerprint density at radius 2 is 1.81 bits per heavy atom. The van der Waals surface area contributed by atoms with E-state index in [1.807, 2.05) is 37.3 Å². The van der Waals surface area contributed by atoms with Crippen LogP contribution in [0.15, 0.2) is 30.3 Å². The van der Waals surface area contributed by atoms with Crippen LogP contribution in [0.5, 0.6) is 0 Å². The number of carbonyl (C=O) groups is 1.